The van der Waals surface area contributed by atoms with Crippen molar-refractivity contribution in [2.45, 2.75) is 11.5 Å². The molecule has 0 aliphatic heterocycles. The van der Waals surface area contributed by atoms with Crippen LogP contribution in [0, 0.1) is 0 Å². The SMILES string of the molecule is O=C(Nc1ncc(Br)c(COc2ccccc2)n1)NS(=O)(=O)c1ccccc1C(=O)O. The molecule has 0 bridgehead atoms. The van der Waals surface area contributed by atoms with Crippen molar-refractivity contribution in [2.75, 3.05) is 5.32 Å². The smallest absolute Gasteiger partial charge is 0.337 e. The number of hydrogen-bond donors (Lipinski definition) is 3. The molecule has 0 saturated carbocycles. The highest BCUT2D eigenvalue weighted by atomic mass is 79.9. The highest BCUT2D eigenvalue weighted by molar-refractivity contribution is 9.10. The summed E-state index contributed by atoms with van der Waals surface area (Å²) in [6, 6.07) is 12.7. The number of urea groups is 1. The van der Waals surface area contributed by atoms with Crippen molar-refractivity contribution < 1.29 is 27.9 Å². The monoisotopic (exact) mass is 506 g/mol. The molecule has 2 aromatic carbocycles. The summed E-state index contributed by atoms with van der Waals surface area (Å²) >= 11 is 3.29. The van der Waals surface area contributed by atoms with E-state index in [-0.39, 0.29) is 12.6 Å². The summed E-state index contributed by atoms with van der Waals surface area (Å²) in [5, 5.41) is 11.4. The Morgan fingerprint density at radius 1 is 1.06 bits per heavy atom. The zero-order valence-corrected chi connectivity index (χ0v) is 18.1. The lowest BCUT2D eigenvalue weighted by molar-refractivity contribution is 0.0692. The van der Waals surface area contributed by atoms with E-state index in [1.807, 2.05) is 18.2 Å². The summed E-state index contributed by atoms with van der Waals surface area (Å²) in [6.07, 6.45) is 1.38. The van der Waals surface area contributed by atoms with Gasteiger partial charge in [-0.3, -0.25) is 5.32 Å². The maximum absolute atomic E-state index is 12.4. The molecule has 0 radical (unpaired) electrons. The highest BCUT2D eigenvalue weighted by Crippen LogP contribution is 2.19. The van der Waals surface area contributed by atoms with Crippen LogP contribution in [0.3, 0.4) is 0 Å². The van der Waals surface area contributed by atoms with Gasteiger partial charge in [0.1, 0.15) is 17.3 Å². The van der Waals surface area contributed by atoms with E-state index >= 15 is 0 Å². The maximum atomic E-state index is 12.4. The Hall–Kier alpha value is -3.51. The van der Waals surface area contributed by atoms with E-state index in [1.165, 1.54) is 18.3 Å². The quantitative estimate of drug-likeness (QED) is 0.442. The van der Waals surface area contributed by atoms with Crippen LogP contribution >= 0.6 is 15.9 Å². The maximum Gasteiger partial charge on any atom is 0.337 e. The van der Waals surface area contributed by atoms with Crippen LogP contribution in [0.25, 0.3) is 0 Å². The Morgan fingerprint density at radius 2 is 1.74 bits per heavy atom. The predicted molar refractivity (Wildman–Crippen MR) is 113 cm³/mol. The van der Waals surface area contributed by atoms with Crippen LogP contribution in [0.4, 0.5) is 10.7 Å². The number of halogens is 1. The van der Waals surface area contributed by atoms with Gasteiger partial charge in [0.05, 0.1) is 15.7 Å². The topological polar surface area (TPSA) is 148 Å². The molecule has 1 aromatic heterocycles. The molecule has 0 atom stereocenters. The van der Waals surface area contributed by atoms with Gasteiger partial charge in [-0.1, -0.05) is 30.3 Å². The van der Waals surface area contributed by atoms with Gasteiger partial charge in [0, 0.05) is 6.20 Å². The van der Waals surface area contributed by atoms with Crippen molar-refractivity contribution in [3.05, 3.63) is 76.5 Å². The number of carbonyl (C=O) groups excluding carboxylic acids is 1. The Labute approximate surface area is 185 Å². The van der Waals surface area contributed by atoms with E-state index < -0.39 is 32.5 Å². The van der Waals surface area contributed by atoms with E-state index in [4.69, 9.17) is 9.84 Å². The molecular weight excluding hydrogens is 492 g/mol. The van der Waals surface area contributed by atoms with Gasteiger partial charge in [0.15, 0.2) is 0 Å². The number of rotatable bonds is 7. The van der Waals surface area contributed by atoms with Gasteiger partial charge in [0.2, 0.25) is 5.95 Å². The molecule has 0 aliphatic rings. The van der Waals surface area contributed by atoms with Gasteiger partial charge in [-0.05, 0) is 40.2 Å². The molecule has 3 N–H and O–H groups in total. The Morgan fingerprint density at radius 3 is 2.45 bits per heavy atom. The zero-order chi connectivity index (χ0) is 22.4. The molecular formula is C19H15BrN4O6S. The fourth-order valence-corrected chi connectivity index (χ4v) is 3.83. The third-order valence-corrected chi connectivity index (χ3v) is 5.85. The normalized spacial score (nSPS) is 10.9. The van der Waals surface area contributed by atoms with Gasteiger partial charge in [-0.15, -0.1) is 0 Å². The van der Waals surface area contributed by atoms with Crippen LogP contribution in [0.5, 0.6) is 5.75 Å². The third-order valence-electron chi connectivity index (χ3n) is 3.79. The Balaban J connectivity index is 1.71. The summed E-state index contributed by atoms with van der Waals surface area (Å²) in [4.78, 5) is 30.9. The minimum absolute atomic E-state index is 0.0632. The van der Waals surface area contributed by atoms with Crippen molar-refractivity contribution in [2.24, 2.45) is 0 Å². The molecule has 10 nitrogen and oxygen atoms in total. The number of anilines is 1. The first-order chi connectivity index (χ1) is 14.8. The number of ether oxygens (including phenoxy) is 1. The minimum Gasteiger partial charge on any atom is -0.487 e. The molecule has 1 heterocycles. The number of benzene rings is 2. The van der Waals surface area contributed by atoms with Crippen molar-refractivity contribution in [1.29, 1.82) is 0 Å². The lowest BCUT2D eigenvalue weighted by atomic mass is 10.2. The van der Waals surface area contributed by atoms with Crippen LogP contribution in [-0.2, 0) is 16.6 Å². The van der Waals surface area contributed by atoms with Gasteiger partial charge in [-0.25, -0.2) is 32.7 Å². The molecule has 0 unspecified atom stereocenters. The number of para-hydroxylation sites is 1. The zero-order valence-electron chi connectivity index (χ0n) is 15.6. The minimum atomic E-state index is -4.45. The second-order valence-electron chi connectivity index (χ2n) is 5.95. The predicted octanol–water partition coefficient (Wildman–Crippen LogP) is 3.03. The number of nitrogens with zero attached hydrogens (tertiary/aromatic N) is 2. The average Bonchev–Trinajstić information content (AvgIpc) is 2.74. The third kappa shape index (κ3) is 5.77. The summed E-state index contributed by atoms with van der Waals surface area (Å²) < 4.78 is 32.7. The second-order valence-corrected chi connectivity index (χ2v) is 8.46. The van der Waals surface area contributed by atoms with Crippen LogP contribution < -0.4 is 14.8 Å². The number of aromatic carboxylic acids is 1. The standard InChI is InChI=1S/C19H15BrN4O6S/c20-14-10-21-18(22-15(14)11-30-12-6-2-1-3-7-12)23-19(27)24-31(28,29)16-9-5-4-8-13(16)17(25)26/h1-10H,11H2,(H,25,26)(H2,21,22,23,24,27). The number of sulfonamides is 1. The largest absolute Gasteiger partial charge is 0.487 e. The number of amides is 2. The second kappa shape index (κ2) is 9.53. The molecule has 0 spiro atoms. The van der Waals surface area contributed by atoms with Gasteiger partial charge in [0.25, 0.3) is 10.0 Å². The fourth-order valence-electron chi connectivity index (χ4n) is 2.41. The highest BCUT2D eigenvalue weighted by Gasteiger charge is 2.24. The lowest BCUT2D eigenvalue weighted by Crippen LogP contribution is -2.35. The van der Waals surface area contributed by atoms with Crippen LogP contribution in [0.15, 0.2) is 70.2 Å². The fraction of sp³-hybridized carbons (Fsp3) is 0.0526. The van der Waals surface area contributed by atoms with E-state index in [1.54, 1.807) is 16.9 Å². The molecule has 3 rings (SSSR count). The average molecular weight is 507 g/mol. The van der Waals surface area contributed by atoms with Crippen molar-refractivity contribution in [3.8, 4) is 5.75 Å². The number of carbonyl (C=O) groups is 2. The molecule has 0 saturated heterocycles. The first-order valence-electron chi connectivity index (χ1n) is 8.61. The summed E-state index contributed by atoms with van der Waals surface area (Å²) in [5.74, 6) is -1.00. The Bertz CT molecular complexity index is 1220. The van der Waals surface area contributed by atoms with E-state index in [9.17, 15) is 18.0 Å². The molecule has 2 amide bonds. The number of carboxylic acids is 1. The van der Waals surface area contributed by atoms with Gasteiger partial charge >= 0.3 is 12.0 Å². The van der Waals surface area contributed by atoms with Crippen molar-refractivity contribution in [3.63, 3.8) is 0 Å². The number of carboxylic acid groups (broad SMARTS) is 1. The molecule has 3 aromatic rings. The van der Waals surface area contributed by atoms with Crippen molar-refractivity contribution in [1.82, 2.24) is 14.7 Å². The molecule has 0 aliphatic carbocycles. The lowest BCUT2D eigenvalue weighted by Gasteiger charge is -2.11. The van der Waals surface area contributed by atoms with Crippen molar-refractivity contribution >= 4 is 43.9 Å². The van der Waals surface area contributed by atoms with Gasteiger partial charge < -0.3 is 9.84 Å². The van der Waals surface area contributed by atoms with Crippen LogP contribution in [0.2, 0.25) is 0 Å². The summed E-state index contributed by atoms with van der Waals surface area (Å²) in [7, 11) is -4.45. The molecule has 12 heteroatoms. The number of hydrogen-bond acceptors (Lipinski definition) is 7. The van der Waals surface area contributed by atoms with Crippen LogP contribution in [0.1, 0.15) is 16.1 Å². The summed E-state index contributed by atoms with van der Waals surface area (Å²) in [5.41, 5.74) is -0.0590. The molecule has 0 fully saturated rings. The van der Waals surface area contributed by atoms with E-state index in [2.05, 4.69) is 31.2 Å². The first kappa shape index (κ1) is 22.2. The Kier molecular flexibility index (Phi) is 6.82. The molecule has 160 valence electrons. The summed E-state index contributed by atoms with van der Waals surface area (Å²) in [6.45, 7) is 0.0632. The number of nitrogens with one attached hydrogen (secondary N) is 2. The number of aromatic nitrogens is 2. The van der Waals surface area contributed by atoms with Crippen LogP contribution in [-0.4, -0.2) is 35.5 Å². The first-order valence-corrected chi connectivity index (χ1v) is 10.9. The molecule has 31 heavy (non-hydrogen) atoms. The van der Waals surface area contributed by atoms with E-state index in [0.29, 0.717) is 15.9 Å². The van der Waals surface area contributed by atoms with Gasteiger partial charge in [-0.2, -0.15) is 0 Å². The van der Waals surface area contributed by atoms with E-state index in [0.717, 1.165) is 12.1 Å².